The second-order valence-electron chi connectivity index (χ2n) is 4.30. The predicted octanol–water partition coefficient (Wildman–Crippen LogP) is 0.0958. The van der Waals surface area contributed by atoms with Crippen LogP contribution in [0.3, 0.4) is 0 Å². The standard InChI is InChI=1S/C13H11NO6/c15-10(16)6-9(13(19)20)14-11(17)7-4-2-1-3-5-8(7)12(14)18/h2-5,9H,1,6H2,(H,15,16)(H,19,20). The zero-order valence-corrected chi connectivity index (χ0v) is 10.3. The van der Waals surface area contributed by atoms with Crippen molar-refractivity contribution in [2.75, 3.05) is 0 Å². The van der Waals surface area contributed by atoms with Crippen molar-refractivity contribution in [3.05, 3.63) is 35.5 Å². The highest BCUT2D eigenvalue weighted by Gasteiger charge is 2.44. The summed E-state index contributed by atoms with van der Waals surface area (Å²) in [7, 11) is 0. The van der Waals surface area contributed by atoms with Crippen molar-refractivity contribution in [3.63, 3.8) is 0 Å². The van der Waals surface area contributed by atoms with Crippen LogP contribution in [0.2, 0.25) is 0 Å². The Morgan fingerprint density at radius 3 is 2.00 bits per heavy atom. The molecule has 0 aromatic heterocycles. The van der Waals surface area contributed by atoms with Gasteiger partial charge in [-0.2, -0.15) is 0 Å². The van der Waals surface area contributed by atoms with E-state index in [0.29, 0.717) is 11.3 Å². The number of allylic oxidation sites excluding steroid dienone is 2. The second kappa shape index (κ2) is 5.12. The van der Waals surface area contributed by atoms with Crippen molar-refractivity contribution in [2.24, 2.45) is 0 Å². The molecular weight excluding hydrogens is 266 g/mol. The topological polar surface area (TPSA) is 112 Å². The van der Waals surface area contributed by atoms with E-state index in [9.17, 15) is 19.2 Å². The van der Waals surface area contributed by atoms with Gasteiger partial charge < -0.3 is 10.2 Å². The quantitative estimate of drug-likeness (QED) is 0.704. The maximum atomic E-state index is 12.1. The molecule has 1 unspecified atom stereocenters. The fraction of sp³-hybridized carbons (Fsp3) is 0.231. The molecule has 104 valence electrons. The van der Waals surface area contributed by atoms with E-state index < -0.39 is 36.2 Å². The van der Waals surface area contributed by atoms with Gasteiger partial charge in [-0.1, -0.05) is 24.3 Å². The molecule has 0 fully saturated rings. The van der Waals surface area contributed by atoms with Gasteiger partial charge in [-0.3, -0.25) is 19.3 Å². The molecule has 1 aliphatic heterocycles. The van der Waals surface area contributed by atoms with Crippen LogP contribution in [-0.2, 0) is 19.2 Å². The smallest absolute Gasteiger partial charge is 0.327 e. The van der Waals surface area contributed by atoms with E-state index in [0.717, 1.165) is 0 Å². The third kappa shape index (κ3) is 2.25. The minimum atomic E-state index is -1.71. The summed E-state index contributed by atoms with van der Waals surface area (Å²) < 4.78 is 0. The molecule has 1 heterocycles. The van der Waals surface area contributed by atoms with Gasteiger partial charge in [-0.15, -0.1) is 0 Å². The van der Waals surface area contributed by atoms with Crippen molar-refractivity contribution >= 4 is 23.8 Å². The zero-order chi connectivity index (χ0) is 14.9. The average molecular weight is 277 g/mol. The van der Waals surface area contributed by atoms with Gasteiger partial charge in [0.15, 0.2) is 0 Å². The SMILES string of the molecule is O=C(O)CC(C(=O)O)N1C(=O)C2=C(C=CCC=C2)C1=O. The summed E-state index contributed by atoms with van der Waals surface area (Å²) >= 11 is 0. The fourth-order valence-corrected chi connectivity index (χ4v) is 2.09. The first-order chi connectivity index (χ1) is 9.43. The lowest BCUT2D eigenvalue weighted by molar-refractivity contribution is -0.156. The van der Waals surface area contributed by atoms with Crippen molar-refractivity contribution in [2.45, 2.75) is 18.9 Å². The van der Waals surface area contributed by atoms with Gasteiger partial charge >= 0.3 is 11.9 Å². The van der Waals surface area contributed by atoms with Crippen LogP contribution in [0.5, 0.6) is 0 Å². The monoisotopic (exact) mass is 277 g/mol. The average Bonchev–Trinajstić information content (AvgIpc) is 2.58. The van der Waals surface area contributed by atoms with Crippen molar-refractivity contribution < 1.29 is 29.4 Å². The Balaban J connectivity index is 2.38. The minimum absolute atomic E-state index is 0.0976. The fourth-order valence-electron chi connectivity index (χ4n) is 2.09. The number of rotatable bonds is 4. The Hall–Kier alpha value is -2.70. The predicted molar refractivity (Wildman–Crippen MR) is 65.5 cm³/mol. The molecule has 2 amide bonds. The Labute approximate surface area is 113 Å². The summed E-state index contributed by atoms with van der Waals surface area (Å²) in [5, 5.41) is 17.8. The first kappa shape index (κ1) is 13.7. The van der Waals surface area contributed by atoms with Crippen molar-refractivity contribution in [1.82, 2.24) is 4.90 Å². The van der Waals surface area contributed by atoms with Gasteiger partial charge in [0.2, 0.25) is 0 Å². The van der Waals surface area contributed by atoms with Gasteiger partial charge in [0.25, 0.3) is 11.8 Å². The van der Waals surface area contributed by atoms with Gasteiger partial charge in [0, 0.05) is 0 Å². The third-order valence-electron chi connectivity index (χ3n) is 2.99. The summed E-state index contributed by atoms with van der Waals surface area (Å²) in [6.07, 6.45) is 5.97. The molecule has 0 spiro atoms. The molecule has 2 rings (SSSR count). The summed E-state index contributed by atoms with van der Waals surface area (Å²) in [6, 6.07) is -1.71. The number of carboxylic acid groups (broad SMARTS) is 2. The van der Waals surface area contributed by atoms with Crippen LogP contribution in [0.25, 0.3) is 0 Å². The molecule has 0 radical (unpaired) electrons. The van der Waals surface area contributed by atoms with Gasteiger partial charge in [-0.05, 0) is 6.42 Å². The van der Waals surface area contributed by atoms with E-state index in [4.69, 9.17) is 10.2 Å². The van der Waals surface area contributed by atoms with E-state index in [1.54, 1.807) is 12.2 Å². The largest absolute Gasteiger partial charge is 0.481 e. The molecular formula is C13H11NO6. The molecule has 0 saturated heterocycles. The van der Waals surface area contributed by atoms with Gasteiger partial charge in [0.1, 0.15) is 6.04 Å². The number of carbonyl (C=O) groups excluding carboxylic acids is 2. The molecule has 0 aromatic rings. The Morgan fingerprint density at radius 1 is 1.10 bits per heavy atom. The highest BCUT2D eigenvalue weighted by atomic mass is 16.4. The van der Waals surface area contributed by atoms with Crippen LogP contribution in [0.1, 0.15) is 12.8 Å². The van der Waals surface area contributed by atoms with Crippen LogP contribution in [0, 0.1) is 0 Å². The van der Waals surface area contributed by atoms with Crippen molar-refractivity contribution in [1.29, 1.82) is 0 Å². The Morgan fingerprint density at radius 2 is 1.60 bits per heavy atom. The third-order valence-corrected chi connectivity index (χ3v) is 2.99. The van der Waals surface area contributed by atoms with Crippen LogP contribution < -0.4 is 0 Å². The summed E-state index contributed by atoms with van der Waals surface area (Å²) in [5.41, 5.74) is 0.195. The van der Waals surface area contributed by atoms with Crippen LogP contribution in [0.4, 0.5) is 0 Å². The van der Waals surface area contributed by atoms with Gasteiger partial charge in [-0.25, -0.2) is 4.79 Å². The highest BCUT2D eigenvalue weighted by Crippen LogP contribution is 2.27. The highest BCUT2D eigenvalue weighted by molar-refractivity contribution is 6.23. The van der Waals surface area contributed by atoms with Crippen molar-refractivity contribution in [3.8, 4) is 0 Å². The number of amides is 2. The summed E-state index contributed by atoms with van der Waals surface area (Å²) in [5.74, 6) is -4.48. The molecule has 0 aromatic carbocycles. The molecule has 2 N–H and O–H groups in total. The lowest BCUT2D eigenvalue weighted by Crippen LogP contribution is -2.47. The Kier molecular flexibility index (Phi) is 3.51. The van der Waals surface area contributed by atoms with E-state index in [1.807, 2.05) is 0 Å². The molecule has 7 nitrogen and oxygen atoms in total. The molecule has 1 aliphatic carbocycles. The normalized spacial score (nSPS) is 19.1. The number of carbonyl (C=O) groups is 4. The van der Waals surface area contributed by atoms with E-state index in [2.05, 4.69) is 0 Å². The minimum Gasteiger partial charge on any atom is -0.481 e. The summed E-state index contributed by atoms with van der Waals surface area (Å²) in [4.78, 5) is 46.6. The molecule has 20 heavy (non-hydrogen) atoms. The van der Waals surface area contributed by atoms with Crippen LogP contribution in [0.15, 0.2) is 35.5 Å². The van der Waals surface area contributed by atoms with Crippen LogP contribution in [-0.4, -0.2) is 44.9 Å². The molecule has 1 atom stereocenters. The number of aliphatic carboxylic acids is 2. The first-order valence-electron chi connectivity index (χ1n) is 5.83. The Bertz CT molecular complexity index is 564. The van der Waals surface area contributed by atoms with E-state index >= 15 is 0 Å². The molecule has 0 bridgehead atoms. The first-order valence-corrected chi connectivity index (χ1v) is 5.83. The number of nitrogens with zero attached hydrogens (tertiary/aromatic N) is 1. The molecule has 2 aliphatic rings. The molecule has 7 heteroatoms. The van der Waals surface area contributed by atoms with Crippen LogP contribution >= 0.6 is 0 Å². The lowest BCUT2D eigenvalue weighted by Gasteiger charge is -2.21. The number of carboxylic acids is 2. The zero-order valence-electron chi connectivity index (χ0n) is 10.3. The maximum absolute atomic E-state index is 12.1. The number of hydrogen-bond donors (Lipinski definition) is 2. The van der Waals surface area contributed by atoms with E-state index in [-0.39, 0.29) is 11.1 Å². The number of hydrogen-bond acceptors (Lipinski definition) is 4. The maximum Gasteiger partial charge on any atom is 0.327 e. The van der Waals surface area contributed by atoms with Gasteiger partial charge in [0.05, 0.1) is 17.6 Å². The second-order valence-corrected chi connectivity index (χ2v) is 4.30. The molecule has 0 saturated carbocycles. The summed E-state index contributed by atoms with van der Waals surface area (Å²) in [6.45, 7) is 0. The number of imide groups is 1. The van der Waals surface area contributed by atoms with E-state index in [1.165, 1.54) is 12.2 Å². The lowest BCUT2D eigenvalue weighted by atomic mass is 10.1.